The second kappa shape index (κ2) is 10.2. The molecule has 0 spiro atoms. The minimum absolute atomic E-state index is 0.0554. The van der Waals surface area contributed by atoms with Crippen LogP contribution in [0, 0.1) is 0 Å². The molecular formula is C24H29N3O4. The number of Topliss-reactive ketones (excluding diaryl/α,β-unsaturated/α-hetero) is 1. The van der Waals surface area contributed by atoms with E-state index in [0.29, 0.717) is 23.6 Å². The number of pyridine rings is 1. The number of hydrogen-bond donors (Lipinski definition) is 1. The van der Waals surface area contributed by atoms with Crippen LogP contribution in [0.1, 0.15) is 37.6 Å². The van der Waals surface area contributed by atoms with Crippen LogP contribution in [0.3, 0.4) is 0 Å². The van der Waals surface area contributed by atoms with E-state index in [9.17, 15) is 14.7 Å². The first kappa shape index (κ1) is 22.5. The third-order valence-corrected chi connectivity index (χ3v) is 5.62. The van der Waals surface area contributed by atoms with Crippen LogP contribution in [0.5, 0.6) is 5.75 Å². The summed E-state index contributed by atoms with van der Waals surface area (Å²) in [6.07, 6.45) is 2.34. The predicted octanol–water partition coefficient (Wildman–Crippen LogP) is 3.24. The first-order valence-corrected chi connectivity index (χ1v) is 10.6. The van der Waals surface area contributed by atoms with Crippen molar-refractivity contribution in [1.82, 2.24) is 14.8 Å². The van der Waals surface area contributed by atoms with E-state index < -0.39 is 17.7 Å². The van der Waals surface area contributed by atoms with E-state index in [0.717, 1.165) is 26.1 Å². The molecule has 0 radical (unpaired) electrons. The fourth-order valence-corrected chi connectivity index (χ4v) is 3.89. The zero-order valence-corrected chi connectivity index (χ0v) is 18.2. The molecule has 1 fully saturated rings. The number of aromatic nitrogens is 1. The highest BCUT2D eigenvalue weighted by molar-refractivity contribution is 6.46. The number of nitrogens with zero attached hydrogens (tertiary/aromatic N) is 3. The van der Waals surface area contributed by atoms with Crippen LogP contribution >= 0.6 is 0 Å². The van der Waals surface area contributed by atoms with Crippen molar-refractivity contribution in [2.45, 2.75) is 26.3 Å². The first-order chi connectivity index (χ1) is 15.0. The molecule has 2 aromatic rings. The molecular weight excluding hydrogens is 394 g/mol. The maximum Gasteiger partial charge on any atom is 0.295 e. The van der Waals surface area contributed by atoms with Crippen molar-refractivity contribution in [2.75, 3.05) is 33.3 Å². The van der Waals surface area contributed by atoms with Crippen LogP contribution in [-0.4, -0.2) is 64.9 Å². The summed E-state index contributed by atoms with van der Waals surface area (Å²) in [5, 5.41) is 11.1. The lowest BCUT2D eigenvalue weighted by Gasteiger charge is -2.26. The molecule has 31 heavy (non-hydrogen) atoms. The average molecular weight is 424 g/mol. The summed E-state index contributed by atoms with van der Waals surface area (Å²) in [5.41, 5.74) is 1.02. The zero-order chi connectivity index (χ0) is 22.4. The predicted molar refractivity (Wildman–Crippen MR) is 119 cm³/mol. The standard InChI is InChI=1S/C24H29N3O4/c1-4-26(5-2)14-9-15-27-21(19-12-6-7-13-25-19)20(23(29)24(27)30)22(28)17-10-8-11-18(16-17)31-3/h6-8,10-13,16,21,28H,4-5,9,14-15H2,1-3H3/b22-20-. The van der Waals surface area contributed by atoms with Gasteiger partial charge in [-0.1, -0.05) is 32.0 Å². The lowest BCUT2D eigenvalue weighted by atomic mass is 9.98. The van der Waals surface area contributed by atoms with Gasteiger partial charge in [-0.2, -0.15) is 0 Å². The number of ketones is 1. The van der Waals surface area contributed by atoms with Crippen LogP contribution in [0.4, 0.5) is 0 Å². The largest absolute Gasteiger partial charge is 0.507 e. The van der Waals surface area contributed by atoms with Gasteiger partial charge in [0, 0.05) is 18.3 Å². The van der Waals surface area contributed by atoms with Gasteiger partial charge in [-0.25, -0.2) is 0 Å². The maximum absolute atomic E-state index is 13.0. The molecule has 1 aliphatic heterocycles. The van der Waals surface area contributed by atoms with Crippen molar-refractivity contribution in [3.63, 3.8) is 0 Å². The highest BCUT2D eigenvalue weighted by Crippen LogP contribution is 2.38. The molecule has 0 bridgehead atoms. The van der Waals surface area contributed by atoms with Crippen molar-refractivity contribution in [2.24, 2.45) is 0 Å². The molecule has 1 N–H and O–H groups in total. The van der Waals surface area contributed by atoms with Crippen LogP contribution in [0.15, 0.2) is 54.2 Å². The summed E-state index contributed by atoms with van der Waals surface area (Å²) in [5.74, 6) is -0.982. The molecule has 7 heteroatoms. The van der Waals surface area contributed by atoms with Gasteiger partial charge in [-0.3, -0.25) is 14.6 Å². The molecule has 1 unspecified atom stereocenters. The van der Waals surface area contributed by atoms with E-state index in [1.807, 2.05) is 6.07 Å². The number of carbonyl (C=O) groups is 2. The smallest absolute Gasteiger partial charge is 0.295 e. The molecule has 0 aliphatic carbocycles. The molecule has 2 heterocycles. The van der Waals surface area contributed by atoms with E-state index in [1.54, 1.807) is 42.6 Å². The Bertz CT molecular complexity index is 954. The van der Waals surface area contributed by atoms with Gasteiger partial charge < -0.3 is 19.6 Å². The van der Waals surface area contributed by atoms with Gasteiger partial charge >= 0.3 is 0 Å². The third-order valence-electron chi connectivity index (χ3n) is 5.62. The number of aliphatic hydroxyl groups excluding tert-OH is 1. The number of likely N-dealkylation sites (tertiary alicyclic amines) is 1. The molecule has 1 aliphatic rings. The van der Waals surface area contributed by atoms with Crippen molar-refractivity contribution >= 4 is 17.4 Å². The van der Waals surface area contributed by atoms with E-state index in [2.05, 4.69) is 23.7 Å². The maximum atomic E-state index is 13.0. The van der Waals surface area contributed by atoms with Gasteiger partial charge in [-0.15, -0.1) is 0 Å². The van der Waals surface area contributed by atoms with E-state index in [-0.39, 0.29) is 11.3 Å². The molecule has 1 saturated heterocycles. The number of hydrogen-bond acceptors (Lipinski definition) is 6. The Balaban J connectivity index is 2.01. The average Bonchev–Trinajstić information content (AvgIpc) is 3.07. The second-order valence-electron chi connectivity index (χ2n) is 7.36. The lowest BCUT2D eigenvalue weighted by molar-refractivity contribution is -0.140. The van der Waals surface area contributed by atoms with Gasteiger partial charge in [0.05, 0.1) is 18.4 Å². The summed E-state index contributed by atoms with van der Waals surface area (Å²) in [6.45, 7) is 7.26. The second-order valence-corrected chi connectivity index (χ2v) is 7.36. The van der Waals surface area contributed by atoms with Crippen molar-refractivity contribution in [1.29, 1.82) is 0 Å². The van der Waals surface area contributed by atoms with Crippen molar-refractivity contribution < 1.29 is 19.4 Å². The van der Waals surface area contributed by atoms with Crippen molar-refractivity contribution in [3.05, 3.63) is 65.5 Å². The number of ether oxygens (including phenoxy) is 1. The first-order valence-electron chi connectivity index (χ1n) is 10.6. The molecule has 1 aromatic heterocycles. The topological polar surface area (TPSA) is 83.0 Å². The van der Waals surface area contributed by atoms with Crippen LogP contribution in [0.25, 0.3) is 5.76 Å². The summed E-state index contributed by atoms with van der Waals surface area (Å²) in [7, 11) is 1.53. The van der Waals surface area contributed by atoms with E-state index in [1.165, 1.54) is 12.0 Å². The minimum atomic E-state index is -0.732. The summed E-state index contributed by atoms with van der Waals surface area (Å²) in [4.78, 5) is 34.1. The van der Waals surface area contributed by atoms with Gasteiger partial charge in [0.2, 0.25) is 0 Å². The van der Waals surface area contributed by atoms with Crippen LogP contribution in [0.2, 0.25) is 0 Å². The number of aliphatic hydroxyl groups is 1. The van der Waals surface area contributed by atoms with Gasteiger partial charge in [0.25, 0.3) is 11.7 Å². The highest BCUT2D eigenvalue weighted by atomic mass is 16.5. The Labute approximate surface area is 183 Å². The molecule has 1 aromatic carbocycles. The molecule has 3 rings (SSSR count). The number of benzene rings is 1. The third kappa shape index (κ3) is 4.77. The molecule has 7 nitrogen and oxygen atoms in total. The van der Waals surface area contributed by atoms with E-state index >= 15 is 0 Å². The Kier molecular flexibility index (Phi) is 7.41. The number of methoxy groups -OCH3 is 1. The zero-order valence-electron chi connectivity index (χ0n) is 18.2. The summed E-state index contributed by atoms with van der Waals surface area (Å²) >= 11 is 0. The minimum Gasteiger partial charge on any atom is -0.507 e. The molecule has 1 atom stereocenters. The molecule has 0 saturated carbocycles. The fourth-order valence-electron chi connectivity index (χ4n) is 3.89. The lowest BCUT2D eigenvalue weighted by Crippen LogP contribution is -2.33. The SMILES string of the molecule is CCN(CC)CCCN1C(=O)C(=O)/C(=C(\O)c2cccc(OC)c2)C1c1ccccn1. The van der Waals surface area contributed by atoms with Gasteiger partial charge in [-0.05, 0) is 50.3 Å². The van der Waals surface area contributed by atoms with Crippen LogP contribution in [-0.2, 0) is 9.59 Å². The quantitative estimate of drug-likeness (QED) is 0.379. The molecule has 1 amide bonds. The van der Waals surface area contributed by atoms with Crippen LogP contribution < -0.4 is 4.74 Å². The summed E-state index contributed by atoms with van der Waals surface area (Å²) in [6, 6.07) is 11.4. The Morgan fingerprint density at radius 2 is 1.94 bits per heavy atom. The van der Waals surface area contributed by atoms with Gasteiger partial charge in [0.15, 0.2) is 0 Å². The van der Waals surface area contributed by atoms with E-state index in [4.69, 9.17) is 4.74 Å². The fraction of sp³-hybridized carbons (Fsp3) is 0.375. The Morgan fingerprint density at radius 1 is 1.16 bits per heavy atom. The number of amides is 1. The highest BCUT2D eigenvalue weighted by Gasteiger charge is 2.46. The number of rotatable bonds is 9. The Morgan fingerprint density at radius 3 is 2.58 bits per heavy atom. The normalized spacial score (nSPS) is 18.1. The summed E-state index contributed by atoms with van der Waals surface area (Å²) < 4.78 is 5.23. The Hall–Kier alpha value is -3.19. The van der Waals surface area contributed by atoms with Crippen molar-refractivity contribution in [3.8, 4) is 5.75 Å². The number of carbonyl (C=O) groups excluding carboxylic acids is 2. The molecule has 164 valence electrons. The van der Waals surface area contributed by atoms with Gasteiger partial charge in [0.1, 0.15) is 17.6 Å². The monoisotopic (exact) mass is 423 g/mol.